The van der Waals surface area contributed by atoms with Crippen LogP contribution in [0.25, 0.3) is 0 Å². The highest BCUT2D eigenvalue weighted by Crippen LogP contribution is 2.10. The molecule has 1 nitrogen and oxygen atoms in total. The Balaban J connectivity index is 3.78. The number of hydrogen-bond acceptors (Lipinski definition) is 1. The van der Waals surface area contributed by atoms with E-state index in [-0.39, 0.29) is 0 Å². The third-order valence-corrected chi connectivity index (χ3v) is 2.25. The predicted octanol–water partition coefficient (Wildman–Crippen LogP) is 3.58. The van der Waals surface area contributed by atoms with Gasteiger partial charge in [0.05, 0.1) is 0 Å². The third-order valence-electron chi connectivity index (χ3n) is 2.25. The van der Waals surface area contributed by atoms with Crippen LogP contribution in [0.5, 0.6) is 0 Å². The van der Waals surface area contributed by atoms with Crippen LogP contribution >= 0.6 is 0 Å². The van der Waals surface area contributed by atoms with Gasteiger partial charge in [-0.25, -0.2) is 0 Å². The van der Waals surface area contributed by atoms with E-state index < -0.39 is 0 Å². The summed E-state index contributed by atoms with van der Waals surface area (Å²) in [5, 5.41) is 0. The molecule has 0 aliphatic heterocycles. The van der Waals surface area contributed by atoms with Crippen molar-refractivity contribution >= 4 is 6.29 Å². The average molecular weight is 194 g/mol. The molecule has 0 saturated heterocycles. The molecule has 0 aliphatic carbocycles. The van der Waals surface area contributed by atoms with Gasteiger partial charge in [0, 0.05) is 18.8 Å². The summed E-state index contributed by atoms with van der Waals surface area (Å²) in [5.74, 6) is 6.69. The Morgan fingerprint density at radius 3 is 2.50 bits per heavy atom. The van der Waals surface area contributed by atoms with Gasteiger partial charge < -0.3 is 4.79 Å². The molecule has 0 spiro atoms. The Morgan fingerprint density at radius 1 is 1.21 bits per heavy atom. The van der Waals surface area contributed by atoms with Crippen molar-refractivity contribution in [2.75, 3.05) is 0 Å². The number of aldehydes is 1. The van der Waals surface area contributed by atoms with Gasteiger partial charge in [0.1, 0.15) is 6.29 Å². The smallest absolute Gasteiger partial charge is 0.121 e. The van der Waals surface area contributed by atoms with Gasteiger partial charge in [0.2, 0.25) is 0 Å². The van der Waals surface area contributed by atoms with E-state index >= 15 is 0 Å². The van der Waals surface area contributed by atoms with Crippen molar-refractivity contribution in [1.82, 2.24) is 0 Å². The van der Waals surface area contributed by atoms with Gasteiger partial charge in [-0.3, -0.25) is 0 Å². The fourth-order valence-corrected chi connectivity index (χ4v) is 1.30. The summed E-state index contributed by atoms with van der Waals surface area (Å²) in [6.07, 6.45) is 8.41. The lowest BCUT2D eigenvalue weighted by molar-refractivity contribution is -0.108. The molecule has 1 heteroatoms. The molecular formula is C13H22O. The maximum atomic E-state index is 10.4. The molecule has 0 radical (unpaired) electrons. The van der Waals surface area contributed by atoms with Crippen molar-refractivity contribution < 1.29 is 4.79 Å². The summed E-state index contributed by atoms with van der Waals surface area (Å²) < 4.78 is 0. The molecule has 14 heavy (non-hydrogen) atoms. The van der Waals surface area contributed by atoms with Crippen LogP contribution in [0, 0.1) is 17.8 Å². The monoisotopic (exact) mass is 194 g/mol. The van der Waals surface area contributed by atoms with Crippen LogP contribution < -0.4 is 0 Å². The Labute approximate surface area is 88.3 Å². The lowest BCUT2D eigenvalue weighted by atomic mass is 9.99. The quantitative estimate of drug-likeness (QED) is 0.344. The van der Waals surface area contributed by atoms with Crippen LogP contribution in [0.2, 0.25) is 0 Å². The minimum absolute atomic E-state index is 0.310. The summed E-state index contributed by atoms with van der Waals surface area (Å²) in [7, 11) is 0. The zero-order valence-corrected chi connectivity index (χ0v) is 9.51. The van der Waals surface area contributed by atoms with Crippen molar-refractivity contribution in [3.63, 3.8) is 0 Å². The van der Waals surface area contributed by atoms with E-state index in [1.54, 1.807) is 0 Å². The molecule has 0 aliphatic rings. The standard InChI is InChI=1S/C13H22O/c1-3-5-7-8-10-13(11-12-14)9-6-4-2/h12-13H,3-7,9,11H2,1-2H3. The van der Waals surface area contributed by atoms with E-state index in [9.17, 15) is 4.79 Å². The largest absolute Gasteiger partial charge is 0.303 e. The van der Waals surface area contributed by atoms with Gasteiger partial charge in [0.15, 0.2) is 0 Å². The molecule has 0 fully saturated rings. The van der Waals surface area contributed by atoms with Crippen molar-refractivity contribution in [3.05, 3.63) is 0 Å². The number of carbonyl (C=O) groups is 1. The first-order chi connectivity index (χ1) is 6.85. The van der Waals surface area contributed by atoms with Crippen LogP contribution in [-0.4, -0.2) is 6.29 Å². The zero-order valence-electron chi connectivity index (χ0n) is 9.51. The molecule has 0 aromatic rings. The van der Waals surface area contributed by atoms with Crippen molar-refractivity contribution in [1.29, 1.82) is 0 Å². The number of carbonyl (C=O) groups excluding carboxylic acids is 1. The lowest BCUT2D eigenvalue weighted by Crippen LogP contribution is -1.97. The number of hydrogen-bond donors (Lipinski definition) is 0. The Kier molecular flexibility index (Phi) is 9.74. The van der Waals surface area contributed by atoms with Gasteiger partial charge >= 0.3 is 0 Å². The molecule has 0 rings (SSSR count). The highest BCUT2D eigenvalue weighted by molar-refractivity contribution is 5.50. The molecule has 0 N–H and O–H groups in total. The predicted molar refractivity (Wildman–Crippen MR) is 61.0 cm³/mol. The first-order valence-corrected chi connectivity index (χ1v) is 5.77. The molecule has 0 heterocycles. The van der Waals surface area contributed by atoms with Crippen molar-refractivity contribution in [3.8, 4) is 11.8 Å². The number of unbranched alkanes of at least 4 members (excludes halogenated alkanes) is 3. The van der Waals surface area contributed by atoms with E-state index in [0.717, 1.165) is 19.1 Å². The van der Waals surface area contributed by atoms with E-state index in [2.05, 4.69) is 25.7 Å². The third kappa shape index (κ3) is 7.86. The number of rotatable bonds is 7. The summed E-state index contributed by atoms with van der Waals surface area (Å²) in [4.78, 5) is 10.4. The minimum atomic E-state index is 0.310. The van der Waals surface area contributed by atoms with Crippen LogP contribution in [0.4, 0.5) is 0 Å². The lowest BCUT2D eigenvalue weighted by Gasteiger charge is -2.04. The SMILES string of the molecule is CCCCC#CC(CC=O)CCCC. The fourth-order valence-electron chi connectivity index (χ4n) is 1.30. The van der Waals surface area contributed by atoms with Crippen LogP contribution in [-0.2, 0) is 4.79 Å². The van der Waals surface area contributed by atoms with Crippen LogP contribution in [0.15, 0.2) is 0 Å². The van der Waals surface area contributed by atoms with Gasteiger partial charge in [-0.2, -0.15) is 0 Å². The van der Waals surface area contributed by atoms with E-state index in [0.29, 0.717) is 12.3 Å². The summed E-state index contributed by atoms with van der Waals surface area (Å²) >= 11 is 0. The fraction of sp³-hybridized carbons (Fsp3) is 0.769. The molecule has 0 saturated carbocycles. The molecular weight excluding hydrogens is 172 g/mol. The van der Waals surface area contributed by atoms with Gasteiger partial charge in [-0.1, -0.05) is 39.0 Å². The van der Waals surface area contributed by atoms with E-state index in [4.69, 9.17) is 0 Å². The topological polar surface area (TPSA) is 17.1 Å². The summed E-state index contributed by atoms with van der Waals surface area (Å²) in [5.41, 5.74) is 0. The zero-order chi connectivity index (χ0) is 10.6. The molecule has 1 atom stereocenters. The van der Waals surface area contributed by atoms with Crippen molar-refractivity contribution in [2.24, 2.45) is 5.92 Å². The van der Waals surface area contributed by atoms with E-state index in [1.807, 2.05) is 0 Å². The van der Waals surface area contributed by atoms with Crippen LogP contribution in [0.1, 0.15) is 58.8 Å². The second-order valence-corrected chi connectivity index (χ2v) is 3.67. The Morgan fingerprint density at radius 2 is 1.93 bits per heavy atom. The summed E-state index contributed by atoms with van der Waals surface area (Å²) in [6.45, 7) is 4.34. The molecule has 0 amide bonds. The van der Waals surface area contributed by atoms with Gasteiger partial charge in [-0.15, -0.1) is 5.92 Å². The normalized spacial score (nSPS) is 11.6. The Hall–Kier alpha value is -0.770. The first kappa shape index (κ1) is 13.2. The van der Waals surface area contributed by atoms with Crippen LogP contribution in [0.3, 0.4) is 0 Å². The second-order valence-electron chi connectivity index (χ2n) is 3.67. The van der Waals surface area contributed by atoms with E-state index in [1.165, 1.54) is 25.7 Å². The average Bonchev–Trinajstić information content (AvgIpc) is 2.20. The minimum Gasteiger partial charge on any atom is -0.303 e. The Bertz CT molecular complexity index is 185. The molecule has 0 aromatic carbocycles. The highest BCUT2D eigenvalue weighted by atomic mass is 16.1. The molecule has 80 valence electrons. The molecule has 0 bridgehead atoms. The summed E-state index contributed by atoms with van der Waals surface area (Å²) in [6, 6.07) is 0. The second kappa shape index (κ2) is 10.3. The molecule has 0 aromatic heterocycles. The van der Waals surface area contributed by atoms with Crippen molar-refractivity contribution in [2.45, 2.75) is 58.8 Å². The highest BCUT2D eigenvalue weighted by Gasteiger charge is 2.02. The maximum Gasteiger partial charge on any atom is 0.121 e. The molecule has 1 unspecified atom stereocenters. The maximum absolute atomic E-state index is 10.4. The van der Waals surface area contributed by atoms with Gasteiger partial charge in [-0.05, 0) is 12.8 Å². The van der Waals surface area contributed by atoms with Gasteiger partial charge in [0.25, 0.3) is 0 Å². The first-order valence-electron chi connectivity index (χ1n) is 5.77.